The highest BCUT2D eigenvalue weighted by Gasteiger charge is 1.80. The van der Waals surface area contributed by atoms with E-state index in [1.807, 2.05) is 25.2 Å². The summed E-state index contributed by atoms with van der Waals surface area (Å²) in [5.74, 6) is 0.578. The van der Waals surface area contributed by atoms with Gasteiger partial charge < -0.3 is 0 Å². The second kappa shape index (κ2) is 6.53. The highest BCUT2D eigenvalue weighted by Crippen LogP contribution is 1.93. The van der Waals surface area contributed by atoms with Gasteiger partial charge in [0.05, 0.1) is 0 Å². The maximum absolute atomic E-state index is 6.72. The van der Waals surface area contributed by atoms with Crippen molar-refractivity contribution in [3.8, 4) is 0 Å². The molecule has 0 fully saturated rings. The number of nitrogens with zero attached hydrogens (tertiary/aromatic N) is 1. The third-order valence-corrected chi connectivity index (χ3v) is 1.21. The van der Waals surface area contributed by atoms with Crippen molar-refractivity contribution in [3.63, 3.8) is 0 Å². The molecule has 0 amide bonds. The smallest absolute Gasteiger partial charge is 0.107 e. The number of aliphatic imine (C=N–C) groups is 1. The Labute approximate surface area is 74.2 Å². The summed E-state index contributed by atoms with van der Waals surface area (Å²) in [6, 6.07) is 0. The Bertz CT molecular complexity index is 210. The van der Waals surface area contributed by atoms with Crippen molar-refractivity contribution in [1.29, 1.82) is 5.41 Å². The van der Waals surface area contributed by atoms with Crippen molar-refractivity contribution in [3.05, 3.63) is 24.3 Å². The summed E-state index contributed by atoms with van der Waals surface area (Å²) in [4.78, 5) is 3.78. The molecule has 0 saturated carbocycles. The molecule has 66 valence electrons. The Hall–Kier alpha value is -1.18. The van der Waals surface area contributed by atoms with Crippen LogP contribution in [0, 0.1) is 11.3 Å². The molecule has 0 rings (SSSR count). The maximum atomic E-state index is 6.72. The van der Waals surface area contributed by atoms with Crippen molar-refractivity contribution >= 4 is 12.1 Å². The van der Waals surface area contributed by atoms with Crippen LogP contribution in [0.1, 0.15) is 20.8 Å². The standard InChI is InChI=1S/C10H16N2/c1-9(2)6-4-5-7-10(3)12-8-11/h4-9,11H,1-3H3/b6-4+,7-5+,11-8?,12-10?. The molecule has 0 saturated heterocycles. The molecule has 0 aromatic carbocycles. The Morgan fingerprint density at radius 3 is 2.50 bits per heavy atom. The van der Waals surface area contributed by atoms with Crippen LogP contribution in [0.2, 0.25) is 0 Å². The molecule has 0 aromatic heterocycles. The quantitative estimate of drug-likeness (QED) is 0.377. The van der Waals surface area contributed by atoms with Gasteiger partial charge in [-0.1, -0.05) is 32.1 Å². The Morgan fingerprint density at radius 1 is 1.33 bits per heavy atom. The molecule has 0 heterocycles. The Morgan fingerprint density at radius 2 is 2.00 bits per heavy atom. The van der Waals surface area contributed by atoms with Gasteiger partial charge in [-0.2, -0.15) is 0 Å². The van der Waals surface area contributed by atoms with Crippen LogP contribution >= 0.6 is 0 Å². The molecule has 0 spiro atoms. The van der Waals surface area contributed by atoms with Crippen molar-refractivity contribution in [2.45, 2.75) is 20.8 Å². The summed E-state index contributed by atoms with van der Waals surface area (Å²) in [5, 5.41) is 6.72. The van der Waals surface area contributed by atoms with E-state index in [1.54, 1.807) is 0 Å². The molecule has 0 aromatic rings. The average molecular weight is 164 g/mol. The molecule has 0 unspecified atom stereocenters. The summed E-state index contributed by atoms with van der Waals surface area (Å²) in [6.45, 7) is 6.12. The minimum absolute atomic E-state index is 0.578. The van der Waals surface area contributed by atoms with Crippen molar-refractivity contribution in [1.82, 2.24) is 0 Å². The third kappa shape index (κ3) is 6.93. The van der Waals surface area contributed by atoms with E-state index in [0.29, 0.717) is 5.92 Å². The maximum Gasteiger partial charge on any atom is 0.107 e. The largest absolute Gasteiger partial charge is 0.290 e. The number of rotatable bonds is 4. The molecule has 2 heteroatoms. The molecule has 2 nitrogen and oxygen atoms in total. The van der Waals surface area contributed by atoms with Gasteiger partial charge in [-0.15, -0.1) is 0 Å². The lowest BCUT2D eigenvalue weighted by Crippen LogP contribution is -1.83. The third-order valence-electron chi connectivity index (χ3n) is 1.21. The van der Waals surface area contributed by atoms with Crippen LogP contribution in [0.3, 0.4) is 0 Å². The summed E-state index contributed by atoms with van der Waals surface area (Å²) in [6.07, 6.45) is 8.96. The molecule has 0 atom stereocenters. The lowest BCUT2D eigenvalue weighted by atomic mass is 10.2. The number of hydrogen-bond donors (Lipinski definition) is 1. The topological polar surface area (TPSA) is 36.2 Å². The van der Waals surface area contributed by atoms with Crippen molar-refractivity contribution in [2.75, 3.05) is 0 Å². The second-order valence-corrected chi connectivity index (χ2v) is 2.89. The first kappa shape index (κ1) is 10.8. The molecule has 0 bridgehead atoms. The second-order valence-electron chi connectivity index (χ2n) is 2.89. The fourth-order valence-corrected chi connectivity index (χ4v) is 0.626. The zero-order valence-electron chi connectivity index (χ0n) is 7.91. The minimum atomic E-state index is 0.578. The van der Waals surface area contributed by atoms with E-state index in [1.165, 1.54) is 0 Å². The first-order chi connectivity index (χ1) is 5.66. The van der Waals surface area contributed by atoms with Crippen molar-refractivity contribution in [2.24, 2.45) is 10.9 Å². The molecular weight excluding hydrogens is 148 g/mol. The summed E-state index contributed by atoms with van der Waals surface area (Å²) in [7, 11) is 0. The van der Waals surface area contributed by atoms with Crippen LogP contribution in [0.4, 0.5) is 0 Å². The van der Waals surface area contributed by atoms with Gasteiger partial charge in [-0.05, 0) is 18.9 Å². The van der Waals surface area contributed by atoms with E-state index in [4.69, 9.17) is 5.41 Å². The summed E-state index contributed by atoms with van der Waals surface area (Å²) < 4.78 is 0. The normalized spacial score (nSPS) is 13.5. The number of hydrogen-bond acceptors (Lipinski definition) is 1. The lowest BCUT2D eigenvalue weighted by molar-refractivity contribution is 0.832. The van der Waals surface area contributed by atoms with Gasteiger partial charge in [0.15, 0.2) is 0 Å². The van der Waals surface area contributed by atoms with Gasteiger partial charge in [0, 0.05) is 5.71 Å². The van der Waals surface area contributed by atoms with Crippen LogP contribution < -0.4 is 0 Å². The number of allylic oxidation sites excluding steroid dienone is 4. The highest BCUT2D eigenvalue weighted by molar-refractivity contribution is 5.97. The highest BCUT2D eigenvalue weighted by atomic mass is 14.7. The molecule has 0 aliphatic carbocycles. The van der Waals surface area contributed by atoms with E-state index in [9.17, 15) is 0 Å². The first-order valence-corrected chi connectivity index (χ1v) is 4.05. The first-order valence-electron chi connectivity index (χ1n) is 4.05. The van der Waals surface area contributed by atoms with E-state index in [0.717, 1.165) is 12.1 Å². The van der Waals surface area contributed by atoms with Gasteiger partial charge in [-0.3, -0.25) is 5.41 Å². The van der Waals surface area contributed by atoms with E-state index >= 15 is 0 Å². The summed E-state index contributed by atoms with van der Waals surface area (Å²) in [5.41, 5.74) is 0.846. The van der Waals surface area contributed by atoms with E-state index in [-0.39, 0.29) is 0 Å². The average Bonchev–Trinajstić information content (AvgIpc) is 1.98. The molecule has 12 heavy (non-hydrogen) atoms. The molecule has 0 aliphatic rings. The molecule has 1 N–H and O–H groups in total. The Balaban J connectivity index is 3.91. The van der Waals surface area contributed by atoms with Gasteiger partial charge in [0.1, 0.15) is 6.34 Å². The number of nitrogens with one attached hydrogen (secondary N) is 1. The van der Waals surface area contributed by atoms with E-state index in [2.05, 4.69) is 24.9 Å². The SMILES string of the molecule is CC(/C=C/C=C/C(C)C)=NC=N. The monoisotopic (exact) mass is 164 g/mol. The summed E-state index contributed by atoms with van der Waals surface area (Å²) >= 11 is 0. The zero-order valence-corrected chi connectivity index (χ0v) is 7.91. The Kier molecular flexibility index (Phi) is 5.88. The van der Waals surface area contributed by atoms with Crippen molar-refractivity contribution < 1.29 is 0 Å². The van der Waals surface area contributed by atoms with Gasteiger partial charge in [0.25, 0.3) is 0 Å². The van der Waals surface area contributed by atoms with Gasteiger partial charge in [-0.25, -0.2) is 4.99 Å². The minimum Gasteiger partial charge on any atom is -0.290 e. The molecular formula is C10H16N2. The fourth-order valence-electron chi connectivity index (χ4n) is 0.626. The van der Waals surface area contributed by atoms with Crippen LogP contribution in [0.5, 0.6) is 0 Å². The predicted octanol–water partition coefficient (Wildman–Crippen LogP) is 2.82. The van der Waals surface area contributed by atoms with Gasteiger partial charge >= 0.3 is 0 Å². The van der Waals surface area contributed by atoms with Gasteiger partial charge in [0.2, 0.25) is 0 Å². The van der Waals surface area contributed by atoms with Crippen LogP contribution in [0.15, 0.2) is 29.3 Å². The fraction of sp³-hybridized carbons (Fsp3) is 0.400. The van der Waals surface area contributed by atoms with Crippen LogP contribution in [-0.2, 0) is 0 Å². The van der Waals surface area contributed by atoms with E-state index < -0.39 is 0 Å². The van der Waals surface area contributed by atoms with Crippen LogP contribution in [0.25, 0.3) is 0 Å². The molecule has 0 aliphatic heterocycles. The van der Waals surface area contributed by atoms with Crippen LogP contribution in [-0.4, -0.2) is 12.1 Å². The predicted molar refractivity (Wildman–Crippen MR) is 55.0 cm³/mol. The molecule has 0 radical (unpaired) electrons. The lowest BCUT2D eigenvalue weighted by Gasteiger charge is -1.89. The zero-order chi connectivity index (χ0) is 9.40.